The van der Waals surface area contributed by atoms with Crippen LogP contribution in [-0.2, 0) is 18.0 Å². The first-order chi connectivity index (χ1) is 9.08. The molecule has 3 rings (SSSR count). The molecule has 1 aromatic carbocycles. The fraction of sp³-hybridized carbons (Fsp3) is 0.375. The Labute approximate surface area is 121 Å². The Balaban J connectivity index is 2.02. The molecule has 2 aromatic rings. The van der Waals surface area contributed by atoms with Gasteiger partial charge in [0.2, 0.25) is 0 Å². The van der Waals surface area contributed by atoms with Crippen LogP contribution in [0.15, 0.2) is 22.6 Å². The Morgan fingerprint density at radius 3 is 2.47 bits per heavy atom. The molecule has 1 aliphatic rings. The number of ether oxygens (including phenoxy) is 1. The molecule has 100 valence electrons. The molecule has 0 radical (unpaired) electrons. The topological polar surface area (TPSA) is 22.4 Å². The van der Waals surface area contributed by atoms with Crippen LogP contribution in [0.3, 0.4) is 0 Å². The Kier molecular flexibility index (Phi) is 3.27. The van der Waals surface area contributed by atoms with E-state index in [4.69, 9.17) is 9.15 Å². The first-order valence-corrected chi connectivity index (χ1v) is 7.39. The Morgan fingerprint density at radius 2 is 1.79 bits per heavy atom. The van der Waals surface area contributed by atoms with Crippen LogP contribution in [0, 0.1) is 20.8 Å². The number of furan rings is 1. The second-order valence-corrected chi connectivity index (χ2v) is 6.05. The maximum absolute atomic E-state index is 5.73. The van der Waals surface area contributed by atoms with E-state index in [0.29, 0.717) is 0 Å². The van der Waals surface area contributed by atoms with Crippen molar-refractivity contribution in [1.82, 2.24) is 0 Å². The molecule has 1 atom stereocenters. The molecule has 0 N–H and O–H groups in total. The third kappa shape index (κ3) is 2.15. The summed E-state index contributed by atoms with van der Waals surface area (Å²) in [6.07, 6.45) is 0. The van der Waals surface area contributed by atoms with Crippen molar-refractivity contribution in [3.05, 3.63) is 57.5 Å². The van der Waals surface area contributed by atoms with E-state index in [1.807, 2.05) is 13.8 Å². The van der Waals surface area contributed by atoms with Gasteiger partial charge in [0.1, 0.15) is 11.5 Å². The Morgan fingerprint density at radius 1 is 1.05 bits per heavy atom. The second kappa shape index (κ2) is 4.80. The van der Waals surface area contributed by atoms with Gasteiger partial charge in [0.05, 0.1) is 18.0 Å². The van der Waals surface area contributed by atoms with E-state index in [2.05, 4.69) is 41.1 Å². The minimum absolute atomic E-state index is 0.177. The van der Waals surface area contributed by atoms with E-state index in [0.717, 1.165) is 24.7 Å². The maximum atomic E-state index is 5.73. The van der Waals surface area contributed by atoms with Gasteiger partial charge in [-0.05, 0) is 43.0 Å². The van der Waals surface area contributed by atoms with Crippen LogP contribution in [-0.4, -0.2) is 0 Å². The van der Waals surface area contributed by atoms with E-state index in [1.54, 1.807) is 0 Å². The van der Waals surface area contributed by atoms with Crippen LogP contribution < -0.4 is 0 Å². The minimum Gasteiger partial charge on any atom is -0.466 e. The van der Waals surface area contributed by atoms with Gasteiger partial charge in [-0.25, -0.2) is 0 Å². The van der Waals surface area contributed by atoms with Crippen molar-refractivity contribution in [3.8, 4) is 0 Å². The summed E-state index contributed by atoms with van der Waals surface area (Å²) in [5.74, 6) is 2.00. The summed E-state index contributed by atoms with van der Waals surface area (Å²) < 4.78 is 11.2. The van der Waals surface area contributed by atoms with Crippen molar-refractivity contribution in [3.63, 3.8) is 0 Å². The lowest BCUT2D eigenvalue weighted by molar-refractivity contribution is 0.134. The minimum atomic E-state index is 0.177. The standard InChI is InChI=1S/C16H17BrO2/c1-9-10(2)19-11(3)15(9)16(17)12-4-5-13-7-18-8-14(13)6-12/h4-6,16H,7-8H2,1-3H3. The van der Waals surface area contributed by atoms with E-state index < -0.39 is 0 Å². The van der Waals surface area contributed by atoms with Gasteiger partial charge in [0.15, 0.2) is 0 Å². The summed E-state index contributed by atoms with van der Waals surface area (Å²) in [5.41, 5.74) is 6.35. The number of hydrogen-bond donors (Lipinski definition) is 0. The summed E-state index contributed by atoms with van der Waals surface area (Å²) in [4.78, 5) is 0.177. The van der Waals surface area contributed by atoms with Gasteiger partial charge in [-0.2, -0.15) is 0 Å². The van der Waals surface area contributed by atoms with Crippen molar-refractivity contribution >= 4 is 15.9 Å². The van der Waals surface area contributed by atoms with Crippen molar-refractivity contribution < 1.29 is 9.15 Å². The lowest BCUT2D eigenvalue weighted by atomic mass is 9.98. The molecule has 3 heteroatoms. The smallest absolute Gasteiger partial charge is 0.106 e. The van der Waals surface area contributed by atoms with Gasteiger partial charge in [0.25, 0.3) is 0 Å². The van der Waals surface area contributed by atoms with Gasteiger partial charge in [-0.3, -0.25) is 0 Å². The highest BCUT2D eigenvalue weighted by molar-refractivity contribution is 9.09. The van der Waals surface area contributed by atoms with Gasteiger partial charge in [-0.1, -0.05) is 34.1 Å². The molecule has 0 spiro atoms. The van der Waals surface area contributed by atoms with Crippen molar-refractivity contribution in [2.24, 2.45) is 0 Å². The number of benzene rings is 1. The lowest BCUT2D eigenvalue weighted by Gasteiger charge is -2.12. The molecule has 1 unspecified atom stereocenters. The number of alkyl halides is 1. The summed E-state index contributed by atoms with van der Waals surface area (Å²) in [6, 6.07) is 6.58. The average Bonchev–Trinajstić information content (AvgIpc) is 2.94. The first-order valence-electron chi connectivity index (χ1n) is 6.48. The number of halogens is 1. The molecule has 19 heavy (non-hydrogen) atoms. The molecule has 1 aliphatic heterocycles. The summed E-state index contributed by atoms with van der Waals surface area (Å²) in [7, 11) is 0. The van der Waals surface area contributed by atoms with Gasteiger partial charge >= 0.3 is 0 Å². The molecule has 0 aliphatic carbocycles. The van der Waals surface area contributed by atoms with Crippen LogP contribution >= 0.6 is 15.9 Å². The van der Waals surface area contributed by atoms with E-state index in [1.165, 1.54) is 27.8 Å². The number of rotatable bonds is 2. The van der Waals surface area contributed by atoms with Crippen LogP contribution in [0.1, 0.15) is 44.2 Å². The van der Waals surface area contributed by atoms with Crippen LogP contribution in [0.2, 0.25) is 0 Å². The number of fused-ring (bicyclic) bond motifs is 1. The van der Waals surface area contributed by atoms with Crippen molar-refractivity contribution in [1.29, 1.82) is 0 Å². The molecule has 0 fully saturated rings. The highest BCUT2D eigenvalue weighted by atomic mass is 79.9. The first kappa shape index (κ1) is 12.9. The quantitative estimate of drug-likeness (QED) is 0.747. The predicted octanol–water partition coefficient (Wildman–Crippen LogP) is 4.72. The van der Waals surface area contributed by atoms with Crippen LogP contribution in [0.5, 0.6) is 0 Å². The van der Waals surface area contributed by atoms with Gasteiger partial charge in [0, 0.05) is 5.56 Å². The lowest BCUT2D eigenvalue weighted by Crippen LogP contribution is -1.97. The number of aryl methyl sites for hydroxylation is 2. The molecule has 0 saturated heterocycles. The van der Waals surface area contributed by atoms with Gasteiger partial charge in [-0.15, -0.1) is 0 Å². The van der Waals surface area contributed by atoms with Crippen LogP contribution in [0.4, 0.5) is 0 Å². The molecule has 0 amide bonds. The van der Waals surface area contributed by atoms with Crippen LogP contribution in [0.25, 0.3) is 0 Å². The number of hydrogen-bond acceptors (Lipinski definition) is 2. The predicted molar refractivity (Wildman–Crippen MR) is 78.6 cm³/mol. The van der Waals surface area contributed by atoms with E-state index in [9.17, 15) is 0 Å². The molecule has 2 heterocycles. The molecular weight excluding hydrogens is 304 g/mol. The van der Waals surface area contributed by atoms with E-state index >= 15 is 0 Å². The fourth-order valence-corrected chi connectivity index (χ4v) is 3.65. The second-order valence-electron chi connectivity index (χ2n) is 5.14. The van der Waals surface area contributed by atoms with Crippen molar-refractivity contribution in [2.75, 3.05) is 0 Å². The largest absolute Gasteiger partial charge is 0.466 e. The SMILES string of the molecule is Cc1oc(C)c(C(Br)c2ccc3c(c2)COC3)c1C. The molecule has 1 aromatic heterocycles. The zero-order chi connectivity index (χ0) is 13.6. The third-order valence-corrected chi connectivity index (χ3v) is 4.90. The van der Waals surface area contributed by atoms with Crippen molar-refractivity contribution in [2.45, 2.75) is 38.8 Å². The Hall–Kier alpha value is -1.06. The summed E-state index contributed by atoms with van der Waals surface area (Å²) in [5, 5.41) is 0. The Bertz CT molecular complexity index is 628. The monoisotopic (exact) mass is 320 g/mol. The summed E-state index contributed by atoms with van der Waals surface area (Å²) in [6.45, 7) is 7.63. The average molecular weight is 321 g/mol. The summed E-state index contributed by atoms with van der Waals surface area (Å²) >= 11 is 3.82. The highest BCUT2D eigenvalue weighted by Gasteiger charge is 2.22. The highest BCUT2D eigenvalue weighted by Crippen LogP contribution is 2.38. The molecular formula is C16H17BrO2. The maximum Gasteiger partial charge on any atom is 0.106 e. The normalized spacial score (nSPS) is 15.6. The molecule has 0 bridgehead atoms. The zero-order valence-corrected chi connectivity index (χ0v) is 13.0. The molecule has 0 saturated carbocycles. The van der Waals surface area contributed by atoms with Gasteiger partial charge < -0.3 is 9.15 Å². The zero-order valence-electron chi connectivity index (χ0n) is 11.4. The van der Waals surface area contributed by atoms with E-state index in [-0.39, 0.29) is 4.83 Å². The fourth-order valence-electron chi connectivity index (χ4n) is 2.70. The third-order valence-electron chi connectivity index (χ3n) is 3.91. The molecule has 2 nitrogen and oxygen atoms in total.